The van der Waals surface area contributed by atoms with E-state index in [1.54, 1.807) is 7.11 Å². The fourth-order valence-electron chi connectivity index (χ4n) is 3.98. The lowest BCUT2D eigenvalue weighted by molar-refractivity contribution is 0.155. The second-order valence-electron chi connectivity index (χ2n) is 7.50. The van der Waals surface area contributed by atoms with Crippen LogP contribution in [0.1, 0.15) is 57.0 Å². The Labute approximate surface area is 170 Å². The normalized spacial score (nSPS) is 16.5. The number of methoxy groups -OCH3 is 1. The number of piperidine rings is 1. The zero-order valence-corrected chi connectivity index (χ0v) is 18.6. The monoisotopic (exact) mass is 392 g/mol. The van der Waals surface area contributed by atoms with Crippen LogP contribution in [0.15, 0.2) is 4.99 Å². The fraction of sp³-hybridized carbons (Fsp3) is 0.810. The second kappa shape index (κ2) is 12.1. The molecule has 1 aromatic rings. The number of nitrogens with one attached hydrogen (secondary N) is 2. The molecule has 1 aliphatic rings. The zero-order valence-electron chi connectivity index (χ0n) is 18.6. The maximum Gasteiger partial charge on any atom is 0.191 e. The molecule has 28 heavy (non-hydrogen) atoms. The van der Waals surface area contributed by atoms with E-state index in [-0.39, 0.29) is 0 Å². The van der Waals surface area contributed by atoms with Crippen molar-refractivity contribution in [3.05, 3.63) is 17.0 Å². The molecule has 7 heteroatoms. The SMILES string of the molecule is CCNC(=NCc1c(CC)nn(C)c1CC)NC1CCN(CCCOC)CC1. The fourth-order valence-corrected chi connectivity index (χ4v) is 3.98. The number of guanidine groups is 1. The van der Waals surface area contributed by atoms with Crippen LogP contribution in [0.25, 0.3) is 0 Å². The number of ether oxygens (including phenoxy) is 1. The Bertz CT molecular complexity index is 604. The Morgan fingerprint density at radius 2 is 1.96 bits per heavy atom. The van der Waals surface area contributed by atoms with Crippen molar-refractivity contribution in [2.45, 2.75) is 65.5 Å². The minimum atomic E-state index is 0.488. The molecule has 2 N–H and O–H groups in total. The third-order valence-corrected chi connectivity index (χ3v) is 5.52. The summed E-state index contributed by atoms with van der Waals surface area (Å²) in [6.07, 6.45) is 5.36. The molecule has 0 spiro atoms. The molecular weight excluding hydrogens is 352 g/mol. The first kappa shape index (κ1) is 22.7. The molecule has 1 saturated heterocycles. The van der Waals surface area contributed by atoms with Crippen LogP contribution in [0.4, 0.5) is 0 Å². The topological polar surface area (TPSA) is 66.7 Å². The van der Waals surface area contributed by atoms with Gasteiger partial charge in [0.15, 0.2) is 5.96 Å². The van der Waals surface area contributed by atoms with Crippen molar-refractivity contribution < 1.29 is 4.74 Å². The Hall–Kier alpha value is -1.60. The summed E-state index contributed by atoms with van der Waals surface area (Å²) in [4.78, 5) is 7.44. The first-order valence-corrected chi connectivity index (χ1v) is 10.9. The number of nitrogens with zero attached hydrogens (tertiary/aromatic N) is 4. The van der Waals surface area contributed by atoms with E-state index in [1.165, 1.54) is 17.0 Å². The van der Waals surface area contributed by atoms with E-state index in [0.717, 1.165) is 70.8 Å². The first-order valence-electron chi connectivity index (χ1n) is 10.9. The van der Waals surface area contributed by atoms with Gasteiger partial charge in [-0.05, 0) is 39.0 Å². The first-order chi connectivity index (χ1) is 13.6. The summed E-state index contributed by atoms with van der Waals surface area (Å²) in [5.41, 5.74) is 3.75. The van der Waals surface area contributed by atoms with Crippen LogP contribution < -0.4 is 10.6 Å². The van der Waals surface area contributed by atoms with Gasteiger partial charge in [0.2, 0.25) is 0 Å². The molecule has 1 aliphatic heterocycles. The lowest BCUT2D eigenvalue weighted by atomic mass is 10.1. The lowest BCUT2D eigenvalue weighted by Gasteiger charge is -2.33. The van der Waals surface area contributed by atoms with Crippen molar-refractivity contribution in [3.8, 4) is 0 Å². The number of likely N-dealkylation sites (tertiary alicyclic amines) is 1. The number of aromatic nitrogens is 2. The summed E-state index contributed by atoms with van der Waals surface area (Å²) in [7, 11) is 3.81. The summed E-state index contributed by atoms with van der Waals surface area (Å²) >= 11 is 0. The van der Waals surface area contributed by atoms with Crippen LogP contribution in [0.5, 0.6) is 0 Å². The number of aryl methyl sites for hydroxylation is 2. The van der Waals surface area contributed by atoms with Crippen molar-refractivity contribution in [2.24, 2.45) is 12.0 Å². The van der Waals surface area contributed by atoms with E-state index in [1.807, 2.05) is 11.7 Å². The summed E-state index contributed by atoms with van der Waals surface area (Å²) in [6, 6.07) is 0.488. The maximum absolute atomic E-state index is 5.16. The highest BCUT2D eigenvalue weighted by Gasteiger charge is 2.20. The average Bonchev–Trinajstić information content (AvgIpc) is 3.02. The van der Waals surface area contributed by atoms with E-state index in [4.69, 9.17) is 9.73 Å². The van der Waals surface area contributed by atoms with Crippen LogP contribution in [0.3, 0.4) is 0 Å². The molecule has 0 aromatic carbocycles. The molecule has 0 atom stereocenters. The highest BCUT2D eigenvalue weighted by atomic mass is 16.5. The lowest BCUT2D eigenvalue weighted by Crippen LogP contribution is -2.48. The van der Waals surface area contributed by atoms with Gasteiger partial charge in [-0.25, -0.2) is 4.99 Å². The van der Waals surface area contributed by atoms with Crippen LogP contribution in [-0.2, 0) is 31.2 Å². The Kier molecular flexibility index (Phi) is 9.78. The highest BCUT2D eigenvalue weighted by Crippen LogP contribution is 2.17. The van der Waals surface area contributed by atoms with Gasteiger partial charge in [-0.2, -0.15) is 5.10 Å². The van der Waals surface area contributed by atoms with E-state index in [9.17, 15) is 0 Å². The molecule has 1 aromatic heterocycles. The van der Waals surface area contributed by atoms with Gasteiger partial charge in [0, 0.05) is 64.2 Å². The maximum atomic E-state index is 5.16. The van der Waals surface area contributed by atoms with E-state index < -0.39 is 0 Å². The van der Waals surface area contributed by atoms with E-state index >= 15 is 0 Å². The van der Waals surface area contributed by atoms with Crippen molar-refractivity contribution in [3.63, 3.8) is 0 Å². The van der Waals surface area contributed by atoms with Gasteiger partial charge >= 0.3 is 0 Å². The zero-order chi connectivity index (χ0) is 20.4. The van der Waals surface area contributed by atoms with Crippen molar-refractivity contribution in [1.82, 2.24) is 25.3 Å². The van der Waals surface area contributed by atoms with Crippen molar-refractivity contribution >= 4 is 5.96 Å². The quantitative estimate of drug-likeness (QED) is 0.363. The number of rotatable bonds is 10. The number of hydrogen-bond acceptors (Lipinski definition) is 4. The molecule has 2 heterocycles. The predicted octanol–water partition coefficient (Wildman–Crippen LogP) is 2.10. The minimum Gasteiger partial charge on any atom is -0.385 e. The second-order valence-corrected chi connectivity index (χ2v) is 7.50. The smallest absolute Gasteiger partial charge is 0.191 e. The summed E-state index contributed by atoms with van der Waals surface area (Å²) in [6.45, 7) is 12.3. The largest absolute Gasteiger partial charge is 0.385 e. The Morgan fingerprint density at radius 1 is 1.21 bits per heavy atom. The van der Waals surface area contributed by atoms with E-state index in [2.05, 4.69) is 41.4 Å². The molecule has 0 bridgehead atoms. The van der Waals surface area contributed by atoms with Crippen LogP contribution >= 0.6 is 0 Å². The van der Waals surface area contributed by atoms with Gasteiger partial charge in [0.25, 0.3) is 0 Å². The molecule has 2 rings (SSSR count). The minimum absolute atomic E-state index is 0.488. The van der Waals surface area contributed by atoms with Crippen molar-refractivity contribution in [2.75, 3.05) is 39.9 Å². The van der Waals surface area contributed by atoms with Crippen LogP contribution in [0.2, 0.25) is 0 Å². The molecule has 1 fully saturated rings. The van der Waals surface area contributed by atoms with Gasteiger partial charge in [-0.15, -0.1) is 0 Å². The molecular formula is C21H40N6O. The molecule has 160 valence electrons. The number of aliphatic imine (C=N–C) groups is 1. The highest BCUT2D eigenvalue weighted by molar-refractivity contribution is 5.80. The Morgan fingerprint density at radius 3 is 2.57 bits per heavy atom. The van der Waals surface area contributed by atoms with Gasteiger partial charge in [-0.1, -0.05) is 13.8 Å². The van der Waals surface area contributed by atoms with Crippen molar-refractivity contribution in [1.29, 1.82) is 0 Å². The molecule has 7 nitrogen and oxygen atoms in total. The van der Waals surface area contributed by atoms with Crippen LogP contribution in [0, 0.1) is 0 Å². The molecule has 0 unspecified atom stereocenters. The molecule has 0 amide bonds. The van der Waals surface area contributed by atoms with Gasteiger partial charge in [-0.3, -0.25) is 4.68 Å². The standard InChI is InChI=1S/C21H40N6O/c1-6-19-18(20(7-2)26(4)25-19)16-23-21(22-8-3)24-17-10-13-27(14-11-17)12-9-15-28-5/h17H,6-16H2,1-5H3,(H2,22,23,24). The van der Waals surface area contributed by atoms with Crippen LogP contribution in [-0.4, -0.2) is 66.6 Å². The summed E-state index contributed by atoms with van der Waals surface area (Å²) < 4.78 is 7.18. The van der Waals surface area contributed by atoms with E-state index in [0.29, 0.717) is 12.6 Å². The van der Waals surface area contributed by atoms with Gasteiger partial charge in [0.1, 0.15) is 0 Å². The Balaban J connectivity index is 1.93. The van der Waals surface area contributed by atoms with Gasteiger partial charge in [0.05, 0.1) is 12.2 Å². The summed E-state index contributed by atoms with van der Waals surface area (Å²) in [5.74, 6) is 0.924. The van der Waals surface area contributed by atoms with Gasteiger partial charge < -0.3 is 20.3 Å². The molecule has 0 radical (unpaired) electrons. The molecule has 0 aliphatic carbocycles. The average molecular weight is 393 g/mol. The third kappa shape index (κ3) is 6.48. The molecule has 0 saturated carbocycles. The summed E-state index contributed by atoms with van der Waals surface area (Å²) in [5, 5.41) is 11.7. The third-order valence-electron chi connectivity index (χ3n) is 5.52. The number of hydrogen-bond donors (Lipinski definition) is 2. The predicted molar refractivity (Wildman–Crippen MR) is 116 cm³/mol.